The van der Waals surface area contributed by atoms with Gasteiger partial charge in [0.15, 0.2) is 0 Å². The first-order valence-electron chi connectivity index (χ1n) is 8.21. The van der Waals surface area contributed by atoms with Crippen LogP contribution in [-0.2, 0) is 6.42 Å². The topological polar surface area (TPSA) is 51.2 Å². The lowest BCUT2D eigenvalue weighted by atomic mass is 10.2. The van der Waals surface area contributed by atoms with Crippen LogP contribution in [0.25, 0.3) is 10.6 Å². The van der Waals surface area contributed by atoms with E-state index in [1.165, 1.54) is 18.2 Å². The van der Waals surface area contributed by atoms with Gasteiger partial charge in [0.25, 0.3) is 5.91 Å². The van der Waals surface area contributed by atoms with E-state index in [0.29, 0.717) is 18.5 Å². The van der Waals surface area contributed by atoms with Gasteiger partial charge in [-0.05, 0) is 49.4 Å². The maximum Gasteiger partial charge on any atom is 0.251 e. The van der Waals surface area contributed by atoms with E-state index in [-0.39, 0.29) is 5.91 Å². The molecule has 0 aliphatic heterocycles. The van der Waals surface area contributed by atoms with Crippen molar-refractivity contribution in [2.45, 2.75) is 13.3 Å². The fraction of sp³-hybridized carbons (Fsp3) is 0.200. The molecular formula is C20H19FN2O2S. The molecule has 1 N–H and O–H groups in total. The molecule has 2 aromatic carbocycles. The Morgan fingerprint density at radius 3 is 2.69 bits per heavy atom. The second-order valence-corrected chi connectivity index (χ2v) is 6.86. The Morgan fingerprint density at radius 2 is 2.00 bits per heavy atom. The van der Waals surface area contributed by atoms with Gasteiger partial charge >= 0.3 is 0 Å². The predicted molar refractivity (Wildman–Crippen MR) is 101 cm³/mol. The van der Waals surface area contributed by atoms with Crippen LogP contribution in [0.5, 0.6) is 5.75 Å². The number of benzene rings is 2. The van der Waals surface area contributed by atoms with Crippen molar-refractivity contribution in [1.29, 1.82) is 0 Å². The fourth-order valence-electron chi connectivity index (χ4n) is 2.54. The Kier molecular flexibility index (Phi) is 5.63. The number of thiazole rings is 1. The number of ether oxygens (including phenoxy) is 1. The normalized spacial score (nSPS) is 10.6. The summed E-state index contributed by atoms with van der Waals surface area (Å²) < 4.78 is 18.4. The number of nitrogens with zero attached hydrogens (tertiary/aromatic N) is 1. The van der Waals surface area contributed by atoms with Crippen LogP contribution in [0.4, 0.5) is 4.39 Å². The molecule has 0 aliphatic carbocycles. The van der Waals surface area contributed by atoms with Gasteiger partial charge in [-0.1, -0.05) is 6.07 Å². The van der Waals surface area contributed by atoms with E-state index >= 15 is 0 Å². The summed E-state index contributed by atoms with van der Waals surface area (Å²) >= 11 is 1.61. The Hall–Kier alpha value is -2.73. The third-order valence-electron chi connectivity index (χ3n) is 3.95. The average molecular weight is 370 g/mol. The molecule has 0 atom stereocenters. The standard InChI is InChI=1S/C20H19FN2O2S/c1-13-18(10-11-22-19(24)15-4-3-5-16(21)12-15)26-20(23-13)14-6-8-17(25-2)9-7-14/h3-9,12H,10-11H2,1-2H3,(H,22,24). The number of aryl methyl sites for hydroxylation is 1. The summed E-state index contributed by atoms with van der Waals surface area (Å²) in [6.45, 7) is 2.44. The summed E-state index contributed by atoms with van der Waals surface area (Å²) in [5.74, 6) is 0.115. The monoisotopic (exact) mass is 370 g/mol. The van der Waals surface area contributed by atoms with Crippen molar-refractivity contribution in [2.24, 2.45) is 0 Å². The number of methoxy groups -OCH3 is 1. The third-order valence-corrected chi connectivity index (χ3v) is 5.22. The smallest absolute Gasteiger partial charge is 0.251 e. The molecule has 0 radical (unpaired) electrons. The molecule has 0 spiro atoms. The Bertz CT molecular complexity index is 906. The van der Waals surface area contributed by atoms with E-state index in [1.807, 2.05) is 31.2 Å². The molecule has 1 amide bonds. The van der Waals surface area contributed by atoms with E-state index in [4.69, 9.17) is 4.74 Å². The van der Waals surface area contributed by atoms with Crippen molar-refractivity contribution in [3.8, 4) is 16.3 Å². The summed E-state index contributed by atoms with van der Waals surface area (Å²) in [5, 5.41) is 3.76. The molecule has 0 saturated heterocycles. The molecule has 134 valence electrons. The molecular weight excluding hydrogens is 351 g/mol. The summed E-state index contributed by atoms with van der Waals surface area (Å²) in [5.41, 5.74) is 2.32. The van der Waals surface area contributed by atoms with E-state index in [0.717, 1.165) is 26.9 Å². The number of carbonyl (C=O) groups excluding carboxylic acids is 1. The molecule has 4 nitrogen and oxygen atoms in total. The summed E-state index contributed by atoms with van der Waals surface area (Å²) in [7, 11) is 1.64. The summed E-state index contributed by atoms with van der Waals surface area (Å²) in [6, 6.07) is 13.4. The average Bonchev–Trinajstić information content (AvgIpc) is 3.02. The maximum absolute atomic E-state index is 13.2. The molecule has 0 saturated carbocycles. The van der Waals surface area contributed by atoms with Crippen molar-refractivity contribution in [3.05, 3.63) is 70.5 Å². The first-order chi connectivity index (χ1) is 12.6. The highest BCUT2D eigenvalue weighted by Gasteiger charge is 2.11. The number of halogens is 1. The van der Waals surface area contributed by atoms with Gasteiger partial charge in [-0.3, -0.25) is 4.79 Å². The first kappa shape index (κ1) is 18.1. The number of hydrogen-bond acceptors (Lipinski definition) is 4. The Labute approximate surface area is 155 Å². The zero-order valence-electron chi connectivity index (χ0n) is 14.6. The van der Waals surface area contributed by atoms with Crippen molar-refractivity contribution in [3.63, 3.8) is 0 Å². The second kappa shape index (κ2) is 8.10. The highest BCUT2D eigenvalue weighted by Crippen LogP contribution is 2.29. The van der Waals surface area contributed by atoms with Gasteiger partial charge in [-0.25, -0.2) is 9.37 Å². The lowest BCUT2D eigenvalue weighted by Gasteiger charge is -2.04. The largest absolute Gasteiger partial charge is 0.497 e. The van der Waals surface area contributed by atoms with Crippen LogP contribution in [0.15, 0.2) is 48.5 Å². The number of carbonyl (C=O) groups is 1. The zero-order valence-corrected chi connectivity index (χ0v) is 15.4. The first-order valence-corrected chi connectivity index (χ1v) is 9.03. The van der Waals surface area contributed by atoms with Crippen LogP contribution in [0, 0.1) is 12.7 Å². The molecule has 1 heterocycles. The fourth-order valence-corrected chi connectivity index (χ4v) is 3.61. The van der Waals surface area contributed by atoms with Gasteiger partial charge < -0.3 is 10.1 Å². The van der Waals surface area contributed by atoms with E-state index in [9.17, 15) is 9.18 Å². The lowest BCUT2D eigenvalue weighted by Crippen LogP contribution is -2.25. The van der Waals surface area contributed by atoms with Crippen LogP contribution >= 0.6 is 11.3 Å². The van der Waals surface area contributed by atoms with Crippen LogP contribution in [0.1, 0.15) is 20.9 Å². The van der Waals surface area contributed by atoms with Crippen molar-refractivity contribution in [2.75, 3.05) is 13.7 Å². The minimum absolute atomic E-state index is 0.276. The third kappa shape index (κ3) is 4.26. The Morgan fingerprint density at radius 1 is 1.23 bits per heavy atom. The van der Waals surface area contributed by atoms with Crippen LogP contribution < -0.4 is 10.1 Å². The maximum atomic E-state index is 13.2. The highest BCUT2D eigenvalue weighted by atomic mass is 32.1. The molecule has 6 heteroatoms. The second-order valence-electron chi connectivity index (χ2n) is 5.77. The van der Waals surface area contributed by atoms with Crippen molar-refractivity contribution in [1.82, 2.24) is 10.3 Å². The molecule has 26 heavy (non-hydrogen) atoms. The van der Waals surface area contributed by atoms with E-state index in [1.54, 1.807) is 24.5 Å². The molecule has 0 bridgehead atoms. The molecule has 0 fully saturated rings. The number of aromatic nitrogens is 1. The van der Waals surface area contributed by atoms with Crippen molar-refractivity contribution < 1.29 is 13.9 Å². The zero-order chi connectivity index (χ0) is 18.5. The van der Waals surface area contributed by atoms with Crippen LogP contribution in [0.3, 0.4) is 0 Å². The van der Waals surface area contributed by atoms with E-state index in [2.05, 4.69) is 10.3 Å². The molecule has 3 aromatic rings. The SMILES string of the molecule is COc1ccc(-c2nc(C)c(CCNC(=O)c3cccc(F)c3)s2)cc1. The molecule has 0 unspecified atom stereocenters. The number of rotatable bonds is 6. The van der Waals surface area contributed by atoms with Crippen molar-refractivity contribution >= 4 is 17.2 Å². The quantitative estimate of drug-likeness (QED) is 0.706. The molecule has 3 rings (SSSR count). The minimum atomic E-state index is -0.417. The van der Waals surface area contributed by atoms with E-state index < -0.39 is 5.82 Å². The van der Waals surface area contributed by atoms with Gasteiger partial charge in [0.1, 0.15) is 16.6 Å². The van der Waals surface area contributed by atoms with Gasteiger partial charge in [0.05, 0.1) is 12.8 Å². The minimum Gasteiger partial charge on any atom is -0.497 e. The molecule has 1 aromatic heterocycles. The number of amides is 1. The summed E-state index contributed by atoms with van der Waals surface area (Å²) in [6.07, 6.45) is 0.681. The van der Waals surface area contributed by atoms with Crippen LogP contribution in [-0.4, -0.2) is 24.5 Å². The van der Waals surface area contributed by atoms with Gasteiger partial charge in [0.2, 0.25) is 0 Å². The summed E-state index contributed by atoms with van der Waals surface area (Å²) in [4.78, 5) is 17.8. The van der Waals surface area contributed by atoms with Gasteiger partial charge in [0, 0.05) is 29.0 Å². The lowest BCUT2D eigenvalue weighted by molar-refractivity contribution is 0.0953. The highest BCUT2D eigenvalue weighted by molar-refractivity contribution is 7.15. The number of nitrogens with one attached hydrogen (secondary N) is 1. The molecule has 0 aliphatic rings. The predicted octanol–water partition coefficient (Wildman–Crippen LogP) is 4.24. The van der Waals surface area contributed by atoms with Gasteiger partial charge in [-0.15, -0.1) is 11.3 Å². The number of hydrogen-bond donors (Lipinski definition) is 1. The van der Waals surface area contributed by atoms with Gasteiger partial charge in [-0.2, -0.15) is 0 Å². The Balaban J connectivity index is 1.61. The van der Waals surface area contributed by atoms with Crippen LogP contribution in [0.2, 0.25) is 0 Å².